The Kier molecular flexibility index (Phi) is 3.87. The standard InChI is InChI=1S/C9H13N3O3/c1-2-15-9(14)7(10)8(13)11-12-5-3-4-6-12/h3-7H,2,10H2,1H3,(H,11,13). The lowest BCUT2D eigenvalue weighted by atomic mass is 10.3. The number of aromatic nitrogens is 1. The average Bonchev–Trinajstić information content (AvgIpc) is 2.69. The van der Waals surface area contributed by atoms with Gasteiger partial charge in [0.25, 0.3) is 5.91 Å². The second kappa shape index (κ2) is 5.16. The van der Waals surface area contributed by atoms with Gasteiger partial charge in [-0.2, -0.15) is 0 Å². The van der Waals surface area contributed by atoms with Crippen molar-refractivity contribution in [2.75, 3.05) is 12.0 Å². The molecule has 1 heterocycles. The van der Waals surface area contributed by atoms with Gasteiger partial charge in [-0.3, -0.25) is 14.9 Å². The highest BCUT2D eigenvalue weighted by Gasteiger charge is 2.23. The average molecular weight is 211 g/mol. The maximum Gasteiger partial charge on any atom is 0.332 e. The molecule has 1 unspecified atom stereocenters. The molecule has 0 aliphatic carbocycles. The molecular formula is C9H13N3O3. The number of hydrogen-bond acceptors (Lipinski definition) is 4. The molecule has 1 rings (SSSR count). The van der Waals surface area contributed by atoms with Gasteiger partial charge in [-0.15, -0.1) is 0 Å². The van der Waals surface area contributed by atoms with Crippen molar-refractivity contribution in [2.45, 2.75) is 13.0 Å². The number of hydrogen-bond donors (Lipinski definition) is 2. The number of nitrogens with zero attached hydrogens (tertiary/aromatic N) is 1. The minimum absolute atomic E-state index is 0.198. The van der Waals surface area contributed by atoms with Crippen LogP contribution in [0, 0.1) is 0 Å². The van der Waals surface area contributed by atoms with E-state index in [1.807, 2.05) is 0 Å². The first-order chi connectivity index (χ1) is 7.15. The summed E-state index contributed by atoms with van der Waals surface area (Å²) in [5.41, 5.74) is 7.78. The van der Waals surface area contributed by atoms with E-state index in [-0.39, 0.29) is 6.61 Å². The van der Waals surface area contributed by atoms with Gasteiger partial charge in [-0.1, -0.05) is 0 Å². The maximum atomic E-state index is 11.4. The second-order valence-electron chi connectivity index (χ2n) is 2.80. The van der Waals surface area contributed by atoms with Gasteiger partial charge in [0, 0.05) is 12.4 Å². The third kappa shape index (κ3) is 3.10. The third-order valence-electron chi connectivity index (χ3n) is 1.67. The fourth-order valence-corrected chi connectivity index (χ4v) is 0.945. The minimum atomic E-state index is -1.30. The normalized spacial score (nSPS) is 11.9. The smallest absolute Gasteiger partial charge is 0.332 e. The van der Waals surface area contributed by atoms with Crippen LogP contribution in [-0.2, 0) is 14.3 Å². The Morgan fingerprint density at radius 2 is 2.07 bits per heavy atom. The topological polar surface area (TPSA) is 86.3 Å². The predicted molar refractivity (Wildman–Crippen MR) is 53.4 cm³/mol. The zero-order valence-electron chi connectivity index (χ0n) is 8.34. The number of nitrogens with one attached hydrogen (secondary N) is 1. The van der Waals surface area contributed by atoms with E-state index in [9.17, 15) is 9.59 Å². The summed E-state index contributed by atoms with van der Waals surface area (Å²) in [6, 6.07) is 2.17. The molecule has 15 heavy (non-hydrogen) atoms. The Balaban J connectivity index is 2.50. The van der Waals surface area contributed by atoms with Crippen molar-refractivity contribution < 1.29 is 14.3 Å². The second-order valence-corrected chi connectivity index (χ2v) is 2.80. The van der Waals surface area contributed by atoms with Crippen molar-refractivity contribution in [3.8, 4) is 0 Å². The molecule has 3 N–H and O–H groups in total. The first-order valence-corrected chi connectivity index (χ1v) is 4.51. The van der Waals surface area contributed by atoms with Crippen LogP contribution in [0.4, 0.5) is 0 Å². The highest BCUT2D eigenvalue weighted by atomic mass is 16.5. The van der Waals surface area contributed by atoms with Crippen LogP contribution < -0.4 is 11.2 Å². The van der Waals surface area contributed by atoms with E-state index in [0.29, 0.717) is 0 Å². The summed E-state index contributed by atoms with van der Waals surface area (Å²) in [5, 5.41) is 0. The van der Waals surface area contributed by atoms with E-state index < -0.39 is 17.9 Å². The van der Waals surface area contributed by atoms with Gasteiger partial charge in [0.05, 0.1) is 6.61 Å². The summed E-state index contributed by atoms with van der Waals surface area (Å²) in [7, 11) is 0. The van der Waals surface area contributed by atoms with E-state index in [4.69, 9.17) is 5.73 Å². The van der Waals surface area contributed by atoms with Crippen LogP contribution in [0.5, 0.6) is 0 Å². The van der Waals surface area contributed by atoms with Crippen LogP contribution in [0.2, 0.25) is 0 Å². The van der Waals surface area contributed by atoms with Crippen molar-refractivity contribution in [2.24, 2.45) is 5.73 Å². The number of nitrogens with two attached hydrogens (primary N) is 1. The molecule has 0 saturated heterocycles. The maximum absolute atomic E-state index is 11.4. The summed E-state index contributed by atoms with van der Waals surface area (Å²) >= 11 is 0. The molecule has 0 aliphatic rings. The lowest BCUT2D eigenvalue weighted by Crippen LogP contribution is -2.45. The molecule has 0 radical (unpaired) electrons. The first kappa shape index (κ1) is 11.3. The number of amides is 1. The Labute approximate surface area is 87.0 Å². The molecule has 1 amide bonds. The Morgan fingerprint density at radius 3 is 2.60 bits per heavy atom. The Morgan fingerprint density at radius 1 is 1.47 bits per heavy atom. The van der Waals surface area contributed by atoms with Gasteiger partial charge in [0.15, 0.2) is 6.04 Å². The van der Waals surface area contributed by atoms with Crippen LogP contribution in [0.15, 0.2) is 24.5 Å². The van der Waals surface area contributed by atoms with Crippen LogP contribution >= 0.6 is 0 Å². The van der Waals surface area contributed by atoms with Crippen LogP contribution in [0.3, 0.4) is 0 Å². The van der Waals surface area contributed by atoms with Gasteiger partial charge in [-0.25, -0.2) is 4.79 Å². The van der Waals surface area contributed by atoms with E-state index in [2.05, 4.69) is 10.2 Å². The molecule has 6 heteroatoms. The van der Waals surface area contributed by atoms with Crippen molar-refractivity contribution in [3.05, 3.63) is 24.5 Å². The summed E-state index contributed by atoms with van der Waals surface area (Å²) < 4.78 is 6.01. The molecule has 0 spiro atoms. The Bertz CT molecular complexity index is 334. The van der Waals surface area contributed by atoms with E-state index in [0.717, 1.165) is 0 Å². The predicted octanol–water partition coefficient (Wildman–Crippen LogP) is -0.551. The fraction of sp³-hybridized carbons (Fsp3) is 0.333. The Hall–Kier alpha value is -1.82. The van der Waals surface area contributed by atoms with E-state index >= 15 is 0 Å². The van der Waals surface area contributed by atoms with Gasteiger partial charge < -0.3 is 10.5 Å². The SMILES string of the molecule is CCOC(=O)C(N)C(=O)Nn1cccc1. The van der Waals surface area contributed by atoms with Gasteiger partial charge in [0.2, 0.25) is 0 Å². The number of ether oxygens (including phenoxy) is 1. The summed E-state index contributed by atoms with van der Waals surface area (Å²) in [6.07, 6.45) is 3.24. The largest absolute Gasteiger partial charge is 0.464 e. The number of rotatable bonds is 4. The fourth-order valence-electron chi connectivity index (χ4n) is 0.945. The molecule has 82 valence electrons. The highest BCUT2D eigenvalue weighted by Crippen LogP contribution is 1.90. The van der Waals surface area contributed by atoms with E-state index in [1.54, 1.807) is 31.5 Å². The molecule has 1 aromatic heterocycles. The molecule has 0 fully saturated rings. The molecule has 6 nitrogen and oxygen atoms in total. The van der Waals surface area contributed by atoms with Crippen LogP contribution in [0.25, 0.3) is 0 Å². The number of esters is 1. The number of carbonyl (C=O) groups is 2. The quantitative estimate of drug-likeness (QED) is 0.516. The van der Waals surface area contributed by atoms with Crippen molar-refractivity contribution in [3.63, 3.8) is 0 Å². The zero-order chi connectivity index (χ0) is 11.3. The van der Waals surface area contributed by atoms with Gasteiger partial charge >= 0.3 is 5.97 Å². The lowest BCUT2D eigenvalue weighted by Gasteiger charge is -2.11. The molecule has 0 saturated carbocycles. The molecule has 1 atom stereocenters. The summed E-state index contributed by atoms with van der Waals surface area (Å²) in [5.74, 6) is -1.34. The molecule has 0 bridgehead atoms. The minimum Gasteiger partial charge on any atom is -0.464 e. The molecule has 0 aromatic carbocycles. The number of carbonyl (C=O) groups excluding carboxylic acids is 2. The third-order valence-corrected chi connectivity index (χ3v) is 1.67. The van der Waals surface area contributed by atoms with E-state index in [1.165, 1.54) is 4.68 Å². The first-order valence-electron chi connectivity index (χ1n) is 4.51. The molecular weight excluding hydrogens is 198 g/mol. The van der Waals surface area contributed by atoms with Crippen LogP contribution in [-0.4, -0.2) is 29.2 Å². The van der Waals surface area contributed by atoms with Crippen LogP contribution in [0.1, 0.15) is 6.92 Å². The summed E-state index contributed by atoms with van der Waals surface area (Å²) in [6.45, 7) is 1.85. The van der Waals surface area contributed by atoms with Gasteiger partial charge in [-0.05, 0) is 19.1 Å². The zero-order valence-corrected chi connectivity index (χ0v) is 8.34. The van der Waals surface area contributed by atoms with Gasteiger partial charge in [0.1, 0.15) is 0 Å². The highest BCUT2D eigenvalue weighted by molar-refractivity contribution is 6.05. The molecule has 1 aromatic rings. The lowest BCUT2D eigenvalue weighted by molar-refractivity contribution is -0.147. The summed E-state index contributed by atoms with van der Waals surface area (Å²) in [4.78, 5) is 22.5. The molecule has 0 aliphatic heterocycles. The van der Waals surface area contributed by atoms with Crippen molar-refractivity contribution >= 4 is 11.9 Å². The monoisotopic (exact) mass is 211 g/mol. The van der Waals surface area contributed by atoms with Crippen molar-refractivity contribution in [1.29, 1.82) is 0 Å². The van der Waals surface area contributed by atoms with Crippen molar-refractivity contribution in [1.82, 2.24) is 4.68 Å².